The minimum absolute atomic E-state index is 0.00378. The van der Waals surface area contributed by atoms with Crippen molar-refractivity contribution < 1.29 is 33.7 Å². The fourth-order valence-corrected chi connectivity index (χ4v) is 4.28. The molecule has 1 aromatic rings. The van der Waals surface area contributed by atoms with E-state index in [0.717, 1.165) is 0 Å². The number of ketones is 1. The molecule has 31 heavy (non-hydrogen) atoms. The van der Waals surface area contributed by atoms with Gasteiger partial charge in [-0.05, 0) is 37.0 Å². The summed E-state index contributed by atoms with van der Waals surface area (Å²) in [4.78, 5) is 38.9. The molecule has 0 spiro atoms. The van der Waals surface area contributed by atoms with E-state index in [-0.39, 0.29) is 30.5 Å². The number of benzene rings is 1. The van der Waals surface area contributed by atoms with Gasteiger partial charge < -0.3 is 24.6 Å². The molecule has 0 saturated heterocycles. The third-order valence-corrected chi connectivity index (χ3v) is 5.69. The Morgan fingerprint density at radius 2 is 1.97 bits per heavy atom. The molecule has 2 aliphatic rings. The first-order valence-corrected chi connectivity index (χ1v) is 10.1. The molecule has 1 aliphatic heterocycles. The van der Waals surface area contributed by atoms with Crippen LogP contribution in [0.25, 0.3) is 0 Å². The zero-order chi connectivity index (χ0) is 22.7. The second-order valence-corrected chi connectivity index (χ2v) is 7.76. The molecule has 2 N–H and O–H groups in total. The van der Waals surface area contributed by atoms with Crippen LogP contribution in [0.15, 0.2) is 46.8 Å². The molecule has 3 atom stereocenters. The molecular weight excluding hydrogens is 402 g/mol. The highest BCUT2D eigenvalue weighted by Crippen LogP contribution is 2.45. The Hall–Kier alpha value is -3.13. The van der Waals surface area contributed by atoms with Crippen molar-refractivity contribution in [2.75, 3.05) is 27.4 Å². The maximum absolute atomic E-state index is 13.5. The Labute approximate surface area is 180 Å². The number of phenolic OH excluding ortho intramolecular Hbond substituents is 1. The third-order valence-electron chi connectivity index (χ3n) is 5.69. The SMILES string of the molecule is COCCOC(=O)C1=C(C)NC2=C(C(=O)[C@@H](C(=O)OC)[C@@H](C)C2)[C@@H]1c1cccc(O)c1. The first-order chi connectivity index (χ1) is 14.8. The topological polar surface area (TPSA) is 111 Å². The monoisotopic (exact) mass is 429 g/mol. The number of hydrogen-bond donors (Lipinski definition) is 2. The fraction of sp³-hybridized carbons (Fsp3) is 0.435. The van der Waals surface area contributed by atoms with Gasteiger partial charge in [0.15, 0.2) is 5.78 Å². The van der Waals surface area contributed by atoms with Gasteiger partial charge in [-0.1, -0.05) is 19.1 Å². The standard InChI is InChI=1S/C23H27NO7/c1-12-10-16-20(21(26)17(12)22(27)30-4)19(14-6-5-7-15(25)11-14)18(13(2)24-16)23(28)31-9-8-29-3/h5-7,11-12,17,19,24-25H,8-10H2,1-4H3/t12-,17-,19+/m0/s1. The number of allylic oxidation sites excluding steroid dienone is 3. The molecule has 0 fully saturated rings. The second-order valence-electron chi connectivity index (χ2n) is 7.76. The second kappa shape index (κ2) is 9.34. The molecule has 166 valence electrons. The first-order valence-electron chi connectivity index (χ1n) is 10.1. The van der Waals surface area contributed by atoms with Crippen LogP contribution < -0.4 is 5.32 Å². The molecule has 0 unspecified atom stereocenters. The molecular formula is C23H27NO7. The van der Waals surface area contributed by atoms with E-state index in [2.05, 4.69) is 5.32 Å². The maximum Gasteiger partial charge on any atom is 0.336 e. The molecule has 1 aromatic carbocycles. The summed E-state index contributed by atoms with van der Waals surface area (Å²) in [6.07, 6.45) is 0.444. The third kappa shape index (κ3) is 4.34. The molecule has 0 bridgehead atoms. The van der Waals surface area contributed by atoms with Gasteiger partial charge >= 0.3 is 11.9 Å². The van der Waals surface area contributed by atoms with Crippen LogP contribution in [-0.4, -0.2) is 50.3 Å². The molecule has 0 saturated carbocycles. The van der Waals surface area contributed by atoms with E-state index in [1.807, 2.05) is 6.92 Å². The van der Waals surface area contributed by atoms with Crippen LogP contribution in [-0.2, 0) is 28.6 Å². The van der Waals surface area contributed by atoms with Crippen molar-refractivity contribution in [3.63, 3.8) is 0 Å². The average molecular weight is 429 g/mol. The normalized spacial score (nSPS) is 23.2. The van der Waals surface area contributed by atoms with Gasteiger partial charge in [-0.3, -0.25) is 9.59 Å². The number of phenols is 1. The Balaban J connectivity index is 2.12. The number of nitrogens with one attached hydrogen (secondary N) is 1. The molecule has 1 aliphatic carbocycles. The number of Topliss-reactive ketones (excluding diaryl/α,β-unsaturated/α-hetero) is 1. The molecule has 1 heterocycles. The van der Waals surface area contributed by atoms with Gasteiger partial charge in [0.25, 0.3) is 0 Å². The van der Waals surface area contributed by atoms with E-state index in [4.69, 9.17) is 14.2 Å². The van der Waals surface area contributed by atoms with Gasteiger partial charge in [-0.25, -0.2) is 4.79 Å². The number of aromatic hydroxyl groups is 1. The number of esters is 2. The highest BCUT2D eigenvalue weighted by molar-refractivity contribution is 6.12. The Kier molecular flexibility index (Phi) is 6.80. The van der Waals surface area contributed by atoms with Gasteiger partial charge in [0.2, 0.25) is 0 Å². The summed E-state index contributed by atoms with van der Waals surface area (Å²) in [5.74, 6) is -3.60. The van der Waals surface area contributed by atoms with Crippen LogP contribution in [0.1, 0.15) is 31.7 Å². The van der Waals surface area contributed by atoms with Gasteiger partial charge in [-0.2, -0.15) is 0 Å². The van der Waals surface area contributed by atoms with Gasteiger partial charge in [-0.15, -0.1) is 0 Å². The lowest BCUT2D eigenvalue weighted by Crippen LogP contribution is -2.43. The van der Waals surface area contributed by atoms with E-state index >= 15 is 0 Å². The van der Waals surface area contributed by atoms with Crippen molar-refractivity contribution in [2.24, 2.45) is 11.8 Å². The molecule has 0 aromatic heterocycles. The summed E-state index contributed by atoms with van der Waals surface area (Å²) in [6, 6.07) is 6.39. The van der Waals surface area contributed by atoms with Gasteiger partial charge in [0, 0.05) is 30.0 Å². The smallest absolute Gasteiger partial charge is 0.336 e. The van der Waals surface area contributed by atoms with Crippen molar-refractivity contribution in [1.82, 2.24) is 5.32 Å². The summed E-state index contributed by atoms with van der Waals surface area (Å²) >= 11 is 0. The summed E-state index contributed by atoms with van der Waals surface area (Å²) in [6.45, 7) is 3.85. The van der Waals surface area contributed by atoms with Crippen molar-refractivity contribution in [1.29, 1.82) is 0 Å². The molecule has 0 radical (unpaired) electrons. The Morgan fingerprint density at radius 3 is 2.61 bits per heavy atom. The van der Waals surface area contributed by atoms with Crippen LogP contribution >= 0.6 is 0 Å². The largest absolute Gasteiger partial charge is 0.508 e. The fourth-order valence-electron chi connectivity index (χ4n) is 4.28. The minimum atomic E-state index is -0.963. The summed E-state index contributed by atoms with van der Waals surface area (Å²) in [5.41, 5.74) is 2.36. The van der Waals surface area contributed by atoms with E-state index in [0.29, 0.717) is 29.0 Å². The average Bonchev–Trinajstić information content (AvgIpc) is 2.72. The van der Waals surface area contributed by atoms with Crippen LogP contribution in [0, 0.1) is 11.8 Å². The zero-order valence-corrected chi connectivity index (χ0v) is 18.1. The highest BCUT2D eigenvalue weighted by atomic mass is 16.6. The number of carbonyl (C=O) groups is 3. The number of rotatable bonds is 6. The minimum Gasteiger partial charge on any atom is -0.508 e. The van der Waals surface area contributed by atoms with Crippen LogP contribution in [0.5, 0.6) is 5.75 Å². The van der Waals surface area contributed by atoms with E-state index in [1.54, 1.807) is 19.1 Å². The van der Waals surface area contributed by atoms with Crippen LogP contribution in [0.2, 0.25) is 0 Å². The van der Waals surface area contributed by atoms with E-state index < -0.39 is 29.6 Å². The zero-order valence-electron chi connectivity index (χ0n) is 18.1. The van der Waals surface area contributed by atoms with Crippen molar-refractivity contribution >= 4 is 17.7 Å². The lowest BCUT2D eigenvalue weighted by atomic mass is 9.69. The number of hydrogen-bond acceptors (Lipinski definition) is 8. The van der Waals surface area contributed by atoms with Crippen molar-refractivity contribution in [2.45, 2.75) is 26.2 Å². The molecule has 0 amide bonds. The summed E-state index contributed by atoms with van der Waals surface area (Å²) in [5, 5.41) is 13.2. The van der Waals surface area contributed by atoms with E-state index in [9.17, 15) is 19.5 Å². The lowest BCUT2D eigenvalue weighted by molar-refractivity contribution is -0.151. The van der Waals surface area contributed by atoms with Crippen LogP contribution in [0.3, 0.4) is 0 Å². The lowest BCUT2D eigenvalue weighted by Gasteiger charge is -2.38. The predicted octanol–water partition coefficient (Wildman–Crippen LogP) is 2.19. The number of ether oxygens (including phenoxy) is 3. The molecule has 8 heteroatoms. The Morgan fingerprint density at radius 1 is 1.23 bits per heavy atom. The number of carbonyl (C=O) groups excluding carboxylic acids is 3. The van der Waals surface area contributed by atoms with Crippen molar-refractivity contribution in [3.8, 4) is 5.75 Å². The first kappa shape index (κ1) is 22.6. The highest BCUT2D eigenvalue weighted by Gasteiger charge is 2.47. The molecule has 3 rings (SSSR count). The van der Waals surface area contributed by atoms with E-state index in [1.165, 1.54) is 26.4 Å². The Bertz CT molecular complexity index is 962. The van der Waals surface area contributed by atoms with Crippen LogP contribution in [0.4, 0.5) is 0 Å². The van der Waals surface area contributed by atoms with Crippen molar-refractivity contribution in [3.05, 3.63) is 52.4 Å². The number of dihydropyridines is 1. The quantitative estimate of drug-likeness (QED) is 0.402. The summed E-state index contributed by atoms with van der Waals surface area (Å²) < 4.78 is 15.2. The van der Waals surface area contributed by atoms with Gasteiger partial charge in [0.05, 0.1) is 19.3 Å². The van der Waals surface area contributed by atoms with Gasteiger partial charge in [0.1, 0.15) is 18.3 Å². The number of methoxy groups -OCH3 is 2. The predicted molar refractivity (Wildman–Crippen MR) is 111 cm³/mol. The summed E-state index contributed by atoms with van der Waals surface area (Å²) in [7, 11) is 2.75. The molecule has 8 nitrogen and oxygen atoms in total. The maximum atomic E-state index is 13.5.